The lowest BCUT2D eigenvalue weighted by atomic mass is 9.95. The number of nitrogens with zero attached hydrogens (tertiary/aromatic N) is 2. The standard InChI is InChI=1S/C28H21ClN2O4/c1-31(21-10-8-20(29)9-11-21)22-12-14-25(30-17-22)27(33)19-7-13-23(24(16-19)28(34)35)26(32)15-18-5-3-2-4-6-18/h2-14,16-17H,15H2,1H3,(H,34,35). The Kier molecular flexibility index (Phi) is 7.03. The predicted octanol–water partition coefficient (Wildman–Crippen LogP) is 5.86. The van der Waals surface area contributed by atoms with Gasteiger partial charge < -0.3 is 10.0 Å². The molecule has 0 radical (unpaired) electrons. The number of ketones is 2. The number of rotatable bonds is 8. The highest BCUT2D eigenvalue weighted by Gasteiger charge is 2.20. The second-order valence-corrected chi connectivity index (χ2v) is 8.35. The summed E-state index contributed by atoms with van der Waals surface area (Å²) in [5, 5.41) is 10.3. The molecule has 0 atom stereocenters. The number of hydrogen-bond donors (Lipinski definition) is 1. The molecule has 1 N–H and O–H groups in total. The number of anilines is 2. The van der Waals surface area contributed by atoms with Gasteiger partial charge in [0, 0.05) is 35.3 Å². The number of carboxylic acids is 1. The van der Waals surface area contributed by atoms with Gasteiger partial charge in [0.05, 0.1) is 17.4 Å². The number of aromatic nitrogens is 1. The zero-order chi connectivity index (χ0) is 24.9. The summed E-state index contributed by atoms with van der Waals surface area (Å²) in [5.74, 6) is -2.04. The highest BCUT2D eigenvalue weighted by molar-refractivity contribution is 6.30. The van der Waals surface area contributed by atoms with Gasteiger partial charge in [-0.25, -0.2) is 4.79 Å². The van der Waals surface area contributed by atoms with Gasteiger partial charge in [0.1, 0.15) is 5.69 Å². The number of benzene rings is 3. The summed E-state index contributed by atoms with van der Waals surface area (Å²) in [6.45, 7) is 0. The monoisotopic (exact) mass is 484 g/mol. The molecule has 0 unspecified atom stereocenters. The Morgan fingerprint density at radius 1 is 0.857 bits per heavy atom. The minimum Gasteiger partial charge on any atom is -0.478 e. The lowest BCUT2D eigenvalue weighted by Crippen LogP contribution is -2.14. The molecule has 1 aromatic heterocycles. The predicted molar refractivity (Wildman–Crippen MR) is 135 cm³/mol. The van der Waals surface area contributed by atoms with E-state index in [1.54, 1.807) is 42.6 Å². The van der Waals surface area contributed by atoms with Crippen molar-refractivity contribution in [3.05, 3.63) is 124 Å². The largest absolute Gasteiger partial charge is 0.478 e. The Labute approximate surface area is 207 Å². The number of Topliss-reactive ketones (excluding diaryl/α,β-unsaturated/α-hetero) is 1. The molecular formula is C28H21ClN2O4. The van der Waals surface area contributed by atoms with Gasteiger partial charge in [-0.2, -0.15) is 0 Å². The van der Waals surface area contributed by atoms with Crippen LogP contribution in [0.3, 0.4) is 0 Å². The quantitative estimate of drug-likeness (QED) is 0.315. The van der Waals surface area contributed by atoms with Crippen molar-refractivity contribution in [2.75, 3.05) is 11.9 Å². The molecule has 3 aromatic carbocycles. The molecule has 0 aliphatic rings. The molecule has 1 heterocycles. The fourth-order valence-electron chi connectivity index (χ4n) is 3.66. The molecule has 0 spiro atoms. The van der Waals surface area contributed by atoms with Crippen molar-refractivity contribution < 1.29 is 19.5 Å². The summed E-state index contributed by atoms with van der Waals surface area (Å²) in [4.78, 5) is 43.8. The topological polar surface area (TPSA) is 87.6 Å². The highest BCUT2D eigenvalue weighted by atomic mass is 35.5. The van der Waals surface area contributed by atoms with Crippen LogP contribution in [0.1, 0.15) is 42.3 Å². The van der Waals surface area contributed by atoms with Gasteiger partial charge >= 0.3 is 5.97 Å². The Bertz CT molecular complexity index is 1390. The van der Waals surface area contributed by atoms with Crippen LogP contribution in [0.5, 0.6) is 0 Å². The SMILES string of the molecule is CN(c1ccc(Cl)cc1)c1ccc(C(=O)c2ccc(C(=O)Cc3ccccc3)c(C(=O)O)c2)nc1. The van der Waals surface area contributed by atoms with E-state index in [-0.39, 0.29) is 34.6 Å². The number of carbonyl (C=O) groups is 3. The van der Waals surface area contributed by atoms with Gasteiger partial charge in [-0.05, 0) is 54.1 Å². The lowest BCUT2D eigenvalue weighted by Gasteiger charge is -2.19. The first-order chi connectivity index (χ1) is 16.8. The van der Waals surface area contributed by atoms with E-state index >= 15 is 0 Å². The normalized spacial score (nSPS) is 10.6. The van der Waals surface area contributed by atoms with Gasteiger partial charge in [0.15, 0.2) is 5.78 Å². The second-order valence-electron chi connectivity index (χ2n) is 7.92. The minimum atomic E-state index is -1.27. The minimum absolute atomic E-state index is 0.0609. The molecular weight excluding hydrogens is 464 g/mol. The van der Waals surface area contributed by atoms with Crippen LogP contribution in [0.25, 0.3) is 0 Å². The summed E-state index contributed by atoms with van der Waals surface area (Å²) in [6.07, 6.45) is 1.64. The van der Waals surface area contributed by atoms with Crippen molar-refractivity contribution in [1.29, 1.82) is 0 Å². The maximum absolute atomic E-state index is 13.0. The molecule has 0 fully saturated rings. The third-order valence-electron chi connectivity index (χ3n) is 5.60. The van der Waals surface area contributed by atoms with Crippen LogP contribution in [-0.2, 0) is 6.42 Å². The highest BCUT2D eigenvalue weighted by Crippen LogP contribution is 2.25. The average molecular weight is 485 g/mol. The van der Waals surface area contributed by atoms with E-state index in [0.29, 0.717) is 5.02 Å². The number of pyridine rings is 1. The molecule has 4 rings (SSSR count). The van der Waals surface area contributed by atoms with Crippen molar-refractivity contribution in [3.63, 3.8) is 0 Å². The first-order valence-corrected chi connectivity index (χ1v) is 11.2. The molecule has 0 amide bonds. The Hall–Kier alpha value is -4.29. The summed E-state index contributed by atoms with van der Waals surface area (Å²) in [6, 6.07) is 23.8. The molecule has 7 heteroatoms. The first-order valence-electron chi connectivity index (χ1n) is 10.8. The van der Waals surface area contributed by atoms with E-state index in [9.17, 15) is 19.5 Å². The van der Waals surface area contributed by atoms with Gasteiger partial charge in [-0.1, -0.05) is 48.0 Å². The molecule has 0 aliphatic heterocycles. The maximum atomic E-state index is 13.0. The van der Waals surface area contributed by atoms with Crippen LogP contribution in [-0.4, -0.2) is 34.7 Å². The first kappa shape index (κ1) is 23.9. The van der Waals surface area contributed by atoms with Crippen molar-refractivity contribution in [3.8, 4) is 0 Å². The molecule has 0 saturated carbocycles. The summed E-state index contributed by atoms with van der Waals surface area (Å²) in [5.41, 5.74) is 2.60. The second kappa shape index (κ2) is 10.3. The maximum Gasteiger partial charge on any atom is 0.336 e. The van der Waals surface area contributed by atoms with E-state index in [2.05, 4.69) is 4.98 Å². The van der Waals surface area contributed by atoms with Gasteiger partial charge in [0.2, 0.25) is 5.78 Å². The van der Waals surface area contributed by atoms with E-state index in [4.69, 9.17) is 11.6 Å². The molecule has 35 heavy (non-hydrogen) atoms. The number of carbonyl (C=O) groups excluding carboxylic acids is 2. The van der Waals surface area contributed by atoms with Crippen LogP contribution in [0.15, 0.2) is 91.1 Å². The number of halogens is 1. The van der Waals surface area contributed by atoms with Crippen molar-refractivity contribution >= 4 is 40.5 Å². The van der Waals surface area contributed by atoms with Crippen molar-refractivity contribution in [2.45, 2.75) is 6.42 Å². The summed E-state index contributed by atoms with van der Waals surface area (Å²) < 4.78 is 0. The van der Waals surface area contributed by atoms with E-state index in [1.807, 2.05) is 42.3 Å². The summed E-state index contributed by atoms with van der Waals surface area (Å²) in [7, 11) is 1.87. The molecule has 0 aliphatic carbocycles. The van der Waals surface area contributed by atoms with Gasteiger partial charge in [-0.15, -0.1) is 0 Å². The van der Waals surface area contributed by atoms with Crippen LogP contribution < -0.4 is 4.90 Å². The molecule has 6 nitrogen and oxygen atoms in total. The van der Waals surface area contributed by atoms with E-state index in [1.165, 1.54) is 18.2 Å². The third kappa shape index (κ3) is 5.45. The average Bonchev–Trinajstić information content (AvgIpc) is 2.88. The van der Waals surface area contributed by atoms with Gasteiger partial charge in [-0.3, -0.25) is 14.6 Å². The zero-order valence-electron chi connectivity index (χ0n) is 18.8. The molecule has 174 valence electrons. The molecule has 4 aromatic rings. The smallest absolute Gasteiger partial charge is 0.336 e. The number of hydrogen-bond acceptors (Lipinski definition) is 5. The summed E-state index contributed by atoms with van der Waals surface area (Å²) >= 11 is 5.95. The fraction of sp³-hybridized carbons (Fsp3) is 0.0714. The van der Waals surface area contributed by atoms with Crippen LogP contribution >= 0.6 is 11.6 Å². The Balaban J connectivity index is 1.56. The third-order valence-corrected chi connectivity index (χ3v) is 5.85. The van der Waals surface area contributed by atoms with Crippen molar-refractivity contribution in [2.24, 2.45) is 0 Å². The van der Waals surface area contributed by atoms with Crippen LogP contribution in [0, 0.1) is 0 Å². The van der Waals surface area contributed by atoms with Crippen LogP contribution in [0.4, 0.5) is 11.4 Å². The number of carboxylic acid groups (broad SMARTS) is 1. The van der Waals surface area contributed by atoms with E-state index in [0.717, 1.165) is 16.9 Å². The van der Waals surface area contributed by atoms with E-state index < -0.39 is 11.8 Å². The van der Waals surface area contributed by atoms with Crippen LogP contribution in [0.2, 0.25) is 5.02 Å². The Morgan fingerprint density at radius 2 is 1.54 bits per heavy atom. The van der Waals surface area contributed by atoms with Crippen molar-refractivity contribution in [1.82, 2.24) is 4.98 Å². The number of aromatic carboxylic acids is 1. The molecule has 0 bridgehead atoms. The van der Waals surface area contributed by atoms with Gasteiger partial charge in [0.25, 0.3) is 0 Å². The Morgan fingerprint density at radius 3 is 2.17 bits per heavy atom. The molecule has 0 saturated heterocycles. The fourth-order valence-corrected chi connectivity index (χ4v) is 3.79. The lowest BCUT2D eigenvalue weighted by molar-refractivity contribution is 0.0692. The zero-order valence-corrected chi connectivity index (χ0v) is 19.6.